The minimum Gasteiger partial charge on any atom is -0.494 e. The predicted octanol–water partition coefficient (Wildman–Crippen LogP) is 4.47. The van der Waals surface area contributed by atoms with E-state index in [9.17, 15) is 13.2 Å². The van der Waals surface area contributed by atoms with Crippen molar-refractivity contribution < 1.29 is 17.9 Å². The molecule has 0 aliphatic heterocycles. The van der Waals surface area contributed by atoms with Crippen LogP contribution in [0.1, 0.15) is 0 Å². The van der Waals surface area contributed by atoms with Gasteiger partial charge in [0.1, 0.15) is 0 Å². The van der Waals surface area contributed by atoms with Crippen LogP contribution in [0.5, 0.6) is 5.75 Å². The van der Waals surface area contributed by atoms with E-state index in [0.717, 1.165) is 6.07 Å². The molecular formula is C14H13F3N2OS. The zero-order valence-corrected chi connectivity index (χ0v) is 11.9. The highest BCUT2D eigenvalue weighted by Gasteiger charge is 2.12. The van der Waals surface area contributed by atoms with Crippen LogP contribution in [0.25, 0.3) is 0 Å². The molecule has 0 heterocycles. The minimum absolute atomic E-state index is 0.0192. The Labute approximate surface area is 124 Å². The zero-order chi connectivity index (χ0) is 15.4. The summed E-state index contributed by atoms with van der Waals surface area (Å²) in [5.41, 5.74) is 6.73. The Morgan fingerprint density at radius 3 is 2.57 bits per heavy atom. The molecule has 0 fully saturated rings. The molecule has 0 aliphatic rings. The van der Waals surface area contributed by atoms with Crippen LogP contribution in [0, 0.1) is 5.82 Å². The summed E-state index contributed by atoms with van der Waals surface area (Å²) in [6, 6.07) is 9.06. The molecule has 0 radical (unpaired) electrons. The lowest BCUT2D eigenvalue weighted by Crippen LogP contribution is -2.00. The number of para-hydroxylation sites is 1. The molecule has 0 bridgehead atoms. The lowest BCUT2D eigenvalue weighted by molar-refractivity contribution is 0.252. The number of rotatable bonds is 5. The molecule has 3 N–H and O–H groups in total. The molecule has 2 rings (SSSR count). The summed E-state index contributed by atoms with van der Waals surface area (Å²) in [5, 5.41) is 2.92. The molecule has 0 spiro atoms. The van der Waals surface area contributed by atoms with Crippen LogP contribution < -0.4 is 15.8 Å². The van der Waals surface area contributed by atoms with Gasteiger partial charge in [0.15, 0.2) is 11.6 Å². The van der Waals surface area contributed by atoms with Crippen molar-refractivity contribution in [2.24, 2.45) is 0 Å². The van der Waals surface area contributed by atoms with Crippen molar-refractivity contribution in [3.63, 3.8) is 0 Å². The Morgan fingerprint density at radius 2 is 1.90 bits per heavy atom. The lowest BCUT2D eigenvalue weighted by atomic mass is 10.2. The molecule has 0 aromatic heterocycles. The Kier molecular flexibility index (Phi) is 4.85. The molecular weight excluding hydrogens is 301 g/mol. The van der Waals surface area contributed by atoms with E-state index in [2.05, 4.69) is 5.32 Å². The molecule has 0 amide bonds. The van der Waals surface area contributed by atoms with Crippen LogP contribution in [0.2, 0.25) is 0 Å². The molecule has 0 saturated heterocycles. The van der Waals surface area contributed by atoms with Gasteiger partial charge in [-0.1, -0.05) is 23.9 Å². The first-order chi connectivity index (χ1) is 10.0. The largest absolute Gasteiger partial charge is 0.494 e. The summed E-state index contributed by atoms with van der Waals surface area (Å²) in [4.78, 5) is 0.371. The van der Waals surface area contributed by atoms with Crippen molar-refractivity contribution in [3.05, 3.63) is 42.2 Å². The number of anilines is 3. The van der Waals surface area contributed by atoms with Crippen molar-refractivity contribution in [2.45, 2.75) is 10.7 Å². The van der Waals surface area contributed by atoms with Crippen LogP contribution >= 0.6 is 11.8 Å². The quantitative estimate of drug-likeness (QED) is 0.631. The number of halogens is 3. The van der Waals surface area contributed by atoms with E-state index in [-0.39, 0.29) is 11.4 Å². The summed E-state index contributed by atoms with van der Waals surface area (Å²) in [6.45, 7) is 0. The van der Waals surface area contributed by atoms with Gasteiger partial charge in [-0.2, -0.15) is 8.78 Å². The number of nitrogens with two attached hydrogens (primary N) is 1. The van der Waals surface area contributed by atoms with Crippen LogP contribution in [-0.4, -0.2) is 12.9 Å². The van der Waals surface area contributed by atoms with E-state index < -0.39 is 11.6 Å². The fourth-order valence-corrected chi connectivity index (χ4v) is 2.34. The fourth-order valence-electron chi connectivity index (χ4n) is 1.75. The monoisotopic (exact) mass is 314 g/mol. The number of hydrogen-bond donors (Lipinski definition) is 2. The first-order valence-corrected chi connectivity index (χ1v) is 6.83. The van der Waals surface area contributed by atoms with Gasteiger partial charge < -0.3 is 15.8 Å². The summed E-state index contributed by atoms with van der Waals surface area (Å²) in [5.74, 6) is -3.10. The maximum atomic E-state index is 13.5. The first kappa shape index (κ1) is 15.4. The summed E-state index contributed by atoms with van der Waals surface area (Å²) in [7, 11) is 1.33. The highest BCUT2D eigenvalue weighted by molar-refractivity contribution is 7.99. The highest BCUT2D eigenvalue weighted by atomic mass is 32.2. The summed E-state index contributed by atoms with van der Waals surface area (Å²) in [6.07, 6.45) is 0. The Morgan fingerprint density at radius 1 is 1.19 bits per heavy atom. The first-order valence-electron chi connectivity index (χ1n) is 5.95. The predicted molar refractivity (Wildman–Crippen MR) is 79.0 cm³/mol. The van der Waals surface area contributed by atoms with Gasteiger partial charge in [-0.15, -0.1) is 0 Å². The molecule has 2 aromatic rings. The molecule has 0 unspecified atom stereocenters. The van der Waals surface area contributed by atoms with E-state index in [1.54, 1.807) is 24.3 Å². The molecule has 0 atom stereocenters. The van der Waals surface area contributed by atoms with Gasteiger partial charge in [0.2, 0.25) is 0 Å². The average Bonchev–Trinajstić information content (AvgIpc) is 2.43. The SMILES string of the molecule is COc1cc(Nc2ccccc2SC(F)F)c(N)cc1F. The molecule has 7 heteroatoms. The van der Waals surface area contributed by atoms with Gasteiger partial charge in [0.25, 0.3) is 5.76 Å². The van der Waals surface area contributed by atoms with Gasteiger partial charge in [0, 0.05) is 17.0 Å². The number of methoxy groups -OCH3 is 1. The third-order valence-electron chi connectivity index (χ3n) is 2.70. The highest BCUT2D eigenvalue weighted by Crippen LogP contribution is 2.36. The Balaban J connectivity index is 2.34. The van der Waals surface area contributed by atoms with E-state index in [1.165, 1.54) is 13.2 Å². The van der Waals surface area contributed by atoms with Gasteiger partial charge in [-0.25, -0.2) is 4.39 Å². The normalized spacial score (nSPS) is 10.7. The average molecular weight is 314 g/mol. The summed E-state index contributed by atoms with van der Waals surface area (Å²) < 4.78 is 43.4. The van der Waals surface area contributed by atoms with Gasteiger partial charge in [-0.3, -0.25) is 0 Å². The second-order valence-electron chi connectivity index (χ2n) is 4.07. The molecule has 21 heavy (non-hydrogen) atoms. The van der Waals surface area contributed by atoms with Crippen molar-refractivity contribution in [1.29, 1.82) is 0 Å². The van der Waals surface area contributed by atoms with Crippen LogP contribution in [0.15, 0.2) is 41.3 Å². The van der Waals surface area contributed by atoms with Gasteiger partial charge >= 0.3 is 0 Å². The Hall–Kier alpha value is -2.02. The van der Waals surface area contributed by atoms with E-state index in [0.29, 0.717) is 28.0 Å². The molecule has 0 saturated carbocycles. The third kappa shape index (κ3) is 3.75. The number of nitrogen functional groups attached to an aromatic ring is 1. The number of thioether (sulfide) groups is 1. The number of alkyl halides is 2. The van der Waals surface area contributed by atoms with E-state index in [1.807, 2.05) is 0 Å². The topological polar surface area (TPSA) is 47.3 Å². The third-order valence-corrected chi connectivity index (χ3v) is 3.48. The maximum absolute atomic E-state index is 13.5. The fraction of sp³-hybridized carbons (Fsp3) is 0.143. The van der Waals surface area contributed by atoms with Gasteiger partial charge in [0.05, 0.1) is 24.2 Å². The second kappa shape index (κ2) is 6.62. The smallest absolute Gasteiger partial charge is 0.288 e. The molecule has 3 nitrogen and oxygen atoms in total. The number of ether oxygens (including phenoxy) is 1. The van der Waals surface area contributed by atoms with Crippen molar-refractivity contribution in [3.8, 4) is 5.75 Å². The number of nitrogens with one attached hydrogen (secondary N) is 1. The van der Waals surface area contributed by atoms with Gasteiger partial charge in [-0.05, 0) is 12.1 Å². The van der Waals surface area contributed by atoms with Crippen LogP contribution in [0.4, 0.5) is 30.2 Å². The molecule has 2 aromatic carbocycles. The van der Waals surface area contributed by atoms with Crippen molar-refractivity contribution in [1.82, 2.24) is 0 Å². The van der Waals surface area contributed by atoms with E-state index >= 15 is 0 Å². The van der Waals surface area contributed by atoms with E-state index in [4.69, 9.17) is 10.5 Å². The minimum atomic E-state index is -2.53. The van der Waals surface area contributed by atoms with Crippen LogP contribution in [0.3, 0.4) is 0 Å². The Bertz CT molecular complexity index is 638. The van der Waals surface area contributed by atoms with Crippen molar-refractivity contribution >= 4 is 28.8 Å². The molecule has 0 aliphatic carbocycles. The number of hydrogen-bond acceptors (Lipinski definition) is 4. The van der Waals surface area contributed by atoms with Crippen molar-refractivity contribution in [2.75, 3.05) is 18.2 Å². The maximum Gasteiger partial charge on any atom is 0.288 e. The zero-order valence-electron chi connectivity index (χ0n) is 11.1. The number of benzene rings is 2. The lowest BCUT2D eigenvalue weighted by Gasteiger charge is -2.14. The van der Waals surface area contributed by atoms with Crippen LogP contribution in [-0.2, 0) is 0 Å². The summed E-state index contributed by atoms with van der Waals surface area (Å²) >= 11 is 0.421. The second-order valence-corrected chi connectivity index (χ2v) is 5.11. The molecule has 112 valence electrons. The standard InChI is InChI=1S/C14H13F3N2OS/c1-20-12-7-11(9(18)6-8(12)15)19-10-4-2-3-5-13(10)21-14(16)17/h2-7,14,19H,18H2,1H3.